The molecular weight excluding hydrogens is 291 g/mol. The van der Waals surface area contributed by atoms with Crippen LogP contribution in [0.15, 0.2) is 30.5 Å². The Balaban J connectivity index is 2.30. The maximum Gasteiger partial charge on any atom is 0.337 e. The summed E-state index contributed by atoms with van der Waals surface area (Å²) >= 11 is 11.5. The number of aromatic carboxylic acids is 1. The number of aromatic nitrogens is 1. The maximum atomic E-state index is 11.9. The first-order valence-electron chi connectivity index (χ1n) is 5.15. The summed E-state index contributed by atoms with van der Waals surface area (Å²) in [5.41, 5.74) is 0.299. The van der Waals surface area contributed by atoms with E-state index in [0.717, 1.165) is 0 Å². The highest BCUT2D eigenvalue weighted by Crippen LogP contribution is 2.22. The molecule has 0 atom stereocenters. The number of rotatable bonds is 3. The molecule has 0 aliphatic rings. The lowest BCUT2D eigenvalue weighted by Gasteiger charge is -2.08. The summed E-state index contributed by atoms with van der Waals surface area (Å²) in [6, 6.07) is 5.56. The van der Waals surface area contributed by atoms with Gasteiger partial charge in [-0.05, 0) is 24.3 Å². The number of carboxylic acid groups (broad SMARTS) is 1. The fourth-order valence-corrected chi connectivity index (χ4v) is 1.83. The van der Waals surface area contributed by atoms with Crippen LogP contribution in [-0.4, -0.2) is 22.0 Å². The number of hydrogen-bond acceptors (Lipinski definition) is 2. The van der Waals surface area contributed by atoms with E-state index in [-0.39, 0.29) is 16.9 Å². The molecule has 1 heterocycles. The van der Waals surface area contributed by atoms with Crippen molar-refractivity contribution in [3.8, 4) is 0 Å². The lowest BCUT2D eigenvalue weighted by Crippen LogP contribution is -2.15. The Hall–Kier alpha value is -1.98. The van der Waals surface area contributed by atoms with Gasteiger partial charge in [0.1, 0.15) is 5.69 Å². The van der Waals surface area contributed by atoms with Gasteiger partial charge >= 0.3 is 5.97 Å². The molecule has 1 aromatic carbocycles. The second-order valence-corrected chi connectivity index (χ2v) is 4.55. The highest BCUT2D eigenvalue weighted by atomic mass is 35.5. The van der Waals surface area contributed by atoms with Crippen LogP contribution in [-0.2, 0) is 0 Å². The minimum atomic E-state index is -1.16. The molecule has 3 N–H and O–H groups in total. The number of anilines is 1. The number of carbonyl (C=O) groups excluding carboxylic acids is 1. The second kappa shape index (κ2) is 5.34. The number of aromatic amines is 1. The van der Waals surface area contributed by atoms with Crippen LogP contribution in [0, 0.1) is 0 Å². The third kappa shape index (κ3) is 3.07. The third-order valence-corrected chi connectivity index (χ3v) is 2.81. The van der Waals surface area contributed by atoms with Crippen LogP contribution < -0.4 is 5.32 Å². The van der Waals surface area contributed by atoms with Crippen molar-refractivity contribution in [1.29, 1.82) is 0 Å². The molecule has 0 radical (unpaired) electrons. The molecule has 19 heavy (non-hydrogen) atoms. The van der Waals surface area contributed by atoms with Crippen LogP contribution in [0.3, 0.4) is 0 Å². The lowest BCUT2D eigenvalue weighted by molar-refractivity contribution is 0.0698. The number of carboxylic acids is 1. The molecule has 1 aromatic heterocycles. The molecular formula is C12H8Cl2N2O3. The van der Waals surface area contributed by atoms with Gasteiger partial charge in [0.05, 0.1) is 16.3 Å². The van der Waals surface area contributed by atoms with Gasteiger partial charge < -0.3 is 15.4 Å². The van der Waals surface area contributed by atoms with E-state index in [1.54, 1.807) is 0 Å². The summed E-state index contributed by atoms with van der Waals surface area (Å²) in [6.07, 6.45) is 1.45. The number of amides is 1. The Morgan fingerprint density at radius 3 is 2.47 bits per heavy atom. The zero-order chi connectivity index (χ0) is 14.0. The molecule has 1 amide bonds. The molecule has 0 spiro atoms. The third-order valence-electron chi connectivity index (χ3n) is 2.35. The Labute approximate surface area is 118 Å². The van der Waals surface area contributed by atoms with Gasteiger partial charge in [0.15, 0.2) is 0 Å². The molecule has 2 aromatic rings. The normalized spacial score (nSPS) is 10.2. The van der Waals surface area contributed by atoms with Crippen molar-refractivity contribution in [3.63, 3.8) is 0 Å². The zero-order valence-electron chi connectivity index (χ0n) is 9.41. The molecule has 98 valence electrons. The van der Waals surface area contributed by atoms with Gasteiger partial charge in [-0.15, -0.1) is 0 Å². The lowest BCUT2D eigenvalue weighted by atomic mass is 10.1. The fraction of sp³-hybridized carbons (Fsp3) is 0. The van der Waals surface area contributed by atoms with Crippen molar-refractivity contribution in [1.82, 2.24) is 4.98 Å². The molecule has 7 heteroatoms. The van der Waals surface area contributed by atoms with E-state index in [1.807, 2.05) is 0 Å². The zero-order valence-corrected chi connectivity index (χ0v) is 10.9. The largest absolute Gasteiger partial charge is 0.478 e. The predicted molar refractivity (Wildman–Crippen MR) is 72.2 cm³/mol. The summed E-state index contributed by atoms with van der Waals surface area (Å²) in [4.78, 5) is 25.6. The van der Waals surface area contributed by atoms with Crippen LogP contribution in [0.1, 0.15) is 20.8 Å². The molecule has 0 aliphatic carbocycles. The molecule has 0 saturated heterocycles. The average Bonchev–Trinajstić information content (AvgIpc) is 2.75. The summed E-state index contributed by atoms with van der Waals surface area (Å²) in [5.74, 6) is -1.66. The van der Waals surface area contributed by atoms with Crippen LogP contribution in [0.4, 0.5) is 5.69 Å². The van der Waals surface area contributed by atoms with Crippen LogP contribution >= 0.6 is 23.2 Å². The van der Waals surface area contributed by atoms with Gasteiger partial charge in [-0.2, -0.15) is 0 Å². The molecule has 2 rings (SSSR count). The van der Waals surface area contributed by atoms with E-state index in [2.05, 4.69) is 10.3 Å². The van der Waals surface area contributed by atoms with Crippen molar-refractivity contribution in [3.05, 3.63) is 51.8 Å². The van der Waals surface area contributed by atoms with Crippen LogP contribution in [0.2, 0.25) is 10.0 Å². The van der Waals surface area contributed by atoms with E-state index < -0.39 is 11.9 Å². The average molecular weight is 299 g/mol. The van der Waals surface area contributed by atoms with Gasteiger partial charge in [0, 0.05) is 11.2 Å². The van der Waals surface area contributed by atoms with E-state index in [4.69, 9.17) is 28.3 Å². The number of H-pyrrole nitrogens is 1. The number of hydrogen-bond donors (Lipinski definition) is 3. The van der Waals surface area contributed by atoms with Crippen molar-refractivity contribution in [2.75, 3.05) is 5.32 Å². The fourth-order valence-electron chi connectivity index (χ4n) is 1.50. The monoisotopic (exact) mass is 298 g/mol. The minimum Gasteiger partial charge on any atom is -0.478 e. The Bertz CT molecular complexity index is 652. The van der Waals surface area contributed by atoms with Crippen molar-refractivity contribution in [2.45, 2.75) is 0 Å². The first-order chi connectivity index (χ1) is 8.97. The first kappa shape index (κ1) is 13.5. The molecule has 5 nitrogen and oxygen atoms in total. The molecule has 0 bridgehead atoms. The van der Waals surface area contributed by atoms with Crippen molar-refractivity contribution < 1.29 is 14.7 Å². The Morgan fingerprint density at radius 1 is 1.16 bits per heavy atom. The van der Waals surface area contributed by atoms with E-state index in [0.29, 0.717) is 10.0 Å². The molecule has 0 aliphatic heterocycles. The molecule has 0 unspecified atom stereocenters. The summed E-state index contributed by atoms with van der Waals surface area (Å²) < 4.78 is 0. The van der Waals surface area contributed by atoms with Gasteiger partial charge in [-0.3, -0.25) is 4.79 Å². The highest BCUT2D eigenvalue weighted by Gasteiger charge is 2.15. The number of halogens is 2. The summed E-state index contributed by atoms with van der Waals surface area (Å²) in [7, 11) is 0. The number of carbonyl (C=O) groups is 2. The minimum absolute atomic E-state index is 0.0459. The van der Waals surface area contributed by atoms with E-state index in [9.17, 15) is 9.59 Å². The summed E-state index contributed by atoms with van der Waals surface area (Å²) in [5, 5.41) is 12.2. The van der Waals surface area contributed by atoms with Gasteiger partial charge in [-0.1, -0.05) is 23.2 Å². The van der Waals surface area contributed by atoms with Gasteiger partial charge in [0.2, 0.25) is 0 Å². The van der Waals surface area contributed by atoms with Crippen molar-refractivity contribution in [2.24, 2.45) is 0 Å². The standard InChI is InChI=1S/C12H8Cl2N2O3/c13-6-1-2-8(12(18)19)9(3-6)16-11(17)10-4-7(14)5-15-10/h1-5,15H,(H,16,17)(H,18,19). The van der Waals surface area contributed by atoms with Crippen molar-refractivity contribution >= 4 is 40.8 Å². The van der Waals surface area contributed by atoms with Gasteiger partial charge in [0.25, 0.3) is 5.91 Å². The van der Waals surface area contributed by atoms with Crippen LogP contribution in [0.25, 0.3) is 0 Å². The van der Waals surface area contributed by atoms with E-state index >= 15 is 0 Å². The Morgan fingerprint density at radius 2 is 1.89 bits per heavy atom. The number of nitrogens with one attached hydrogen (secondary N) is 2. The maximum absolute atomic E-state index is 11.9. The molecule has 0 saturated carbocycles. The van der Waals surface area contributed by atoms with E-state index in [1.165, 1.54) is 30.5 Å². The topological polar surface area (TPSA) is 82.2 Å². The predicted octanol–water partition coefficient (Wildman–Crippen LogP) is 3.27. The number of benzene rings is 1. The second-order valence-electron chi connectivity index (χ2n) is 3.68. The summed E-state index contributed by atoms with van der Waals surface area (Å²) in [6.45, 7) is 0. The SMILES string of the molecule is O=C(Nc1cc(Cl)ccc1C(=O)O)c1cc(Cl)c[nH]1. The first-order valence-corrected chi connectivity index (χ1v) is 5.91. The highest BCUT2D eigenvalue weighted by molar-refractivity contribution is 6.31. The Kier molecular flexibility index (Phi) is 3.78. The quantitative estimate of drug-likeness (QED) is 0.813. The molecule has 0 fully saturated rings. The smallest absolute Gasteiger partial charge is 0.337 e. The van der Waals surface area contributed by atoms with Gasteiger partial charge in [-0.25, -0.2) is 4.79 Å². The van der Waals surface area contributed by atoms with Crippen LogP contribution in [0.5, 0.6) is 0 Å².